The van der Waals surface area contributed by atoms with Crippen molar-refractivity contribution in [2.75, 3.05) is 0 Å². The van der Waals surface area contributed by atoms with Crippen molar-refractivity contribution in [2.24, 2.45) is 0 Å². The van der Waals surface area contributed by atoms with Crippen LogP contribution in [0.5, 0.6) is 0 Å². The Kier molecular flexibility index (Phi) is 3.93. The molecule has 96 valence electrons. The Bertz CT molecular complexity index is 194. The van der Waals surface area contributed by atoms with Crippen molar-refractivity contribution in [1.29, 1.82) is 0 Å². The Morgan fingerprint density at radius 1 is 0.375 bits per heavy atom. The first-order valence-corrected chi connectivity index (χ1v) is 20.5. The van der Waals surface area contributed by atoms with Crippen molar-refractivity contribution >= 4 is 32.3 Å². The summed E-state index contributed by atoms with van der Waals surface area (Å²) in [5, 5.41) is 0. The van der Waals surface area contributed by atoms with Crippen molar-refractivity contribution in [1.82, 2.24) is 0 Å². The summed E-state index contributed by atoms with van der Waals surface area (Å²) in [4.78, 5) is 0. The molecule has 4 heteroatoms. The van der Waals surface area contributed by atoms with Gasteiger partial charge in [-0.15, -0.1) is 0 Å². The fraction of sp³-hybridized carbons (Fsp3) is 1.00. The summed E-state index contributed by atoms with van der Waals surface area (Å²) in [6.07, 6.45) is 0. The first-order chi connectivity index (χ1) is 6.83. The van der Waals surface area contributed by atoms with Crippen molar-refractivity contribution in [3.63, 3.8) is 0 Å². The van der Waals surface area contributed by atoms with Gasteiger partial charge in [0.05, 0.1) is 0 Å². The van der Waals surface area contributed by atoms with E-state index in [1.54, 1.807) is 22.7 Å². The predicted octanol–water partition coefficient (Wildman–Crippen LogP) is 4.99. The summed E-state index contributed by atoms with van der Waals surface area (Å²) >= 11 is 0. The highest BCUT2D eigenvalue weighted by Gasteiger charge is 2.45. The highest BCUT2D eigenvalue weighted by Crippen LogP contribution is 2.40. The standard InChI is InChI=1S/C12H32Si4/c1-13(2)9-14(3,4)11-16(7,8)12-15(5,6)10-13/h9-12H2,1-8H3. The zero-order valence-electron chi connectivity index (χ0n) is 12.8. The molecule has 0 bridgehead atoms. The predicted molar refractivity (Wildman–Crippen MR) is 89.2 cm³/mol. The smallest absolute Gasteiger partial charge is 0.0421 e. The zero-order chi connectivity index (χ0) is 12.8. The summed E-state index contributed by atoms with van der Waals surface area (Å²) in [5.74, 6) is 0. The van der Waals surface area contributed by atoms with E-state index in [0.717, 1.165) is 0 Å². The highest BCUT2D eigenvalue weighted by atomic mass is 28.5. The quantitative estimate of drug-likeness (QED) is 0.551. The number of hydrogen-bond donors (Lipinski definition) is 0. The van der Waals surface area contributed by atoms with E-state index in [0.29, 0.717) is 0 Å². The molecule has 1 aliphatic heterocycles. The highest BCUT2D eigenvalue weighted by molar-refractivity contribution is 7.12. The van der Waals surface area contributed by atoms with Crippen LogP contribution < -0.4 is 0 Å². The normalized spacial score (nSPS) is 31.5. The van der Waals surface area contributed by atoms with Gasteiger partial charge in [0, 0.05) is 32.3 Å². The Hall–Kier alpha value is 0.868. The number of hydrogen-bond acceptors (Lipinski definition) is 0. The maximum atomic E-state index is 2.68. The van der Waals surface area contributed by atoms with Gasteiger partial charge in [0.1, 0.15) is 0 Å². The second kappa shape index (κ2) is 4.21. The summed E-state index contributed by atoms with van der Waals surface area (Å²) in [6, 6.07) is 0. The van der Waals surface area contributed by atoms with Gasteiger partial charge >= 0.3 is 0 Å². The van der Waals surface area contributed by atoms with Gasteiger partial charge in [0.2, 0.25) is 0 Å². The fourth-order valence-corrected chi connectivity index (χ4v) is 53.4. The van der Waals surface area contributed by atoms with E-state index in [4.69, 9.17) is 0 Å². The van der Waals surface area contributed by atoms with E-state index < -0.39 is 32.3 Å². The van der Waals surface area contributed by atoms with Gasteiger partial charge in [-0.05, 0) is 0 Å². The first kappa shape index (κ1) is 14.9. The summed E-state index contributed by atoms with van der Waals surface area (Å²) < 4.78 is 0. The lowest BCUT2D eigenvalue weighted by Gasteiger charge is -2.46. The second-order valence-corrected chi connectivity index (χ2v) is 32.3. The first-order valence-electron chi connectivity index (χ1n) is 6.83. The van der Waals surface area contributed by atoms with Crippen LogP contribution in [0.3, 0.4) is 0 Å². The summed E-state index contributed by atoms with van der Waals surface area (Å²) in [7, 11) is -3.44. The molecule has 1 fully saturated rings. The van der Waals surface area contributed by atoms with Gasteiger partial charge < -0.3 is 0 Å². The molecule has 0 nitrogen and oxygen atoms in total. The lowest BCUT2D eigenvalue weighted by atomic mass is 11.7. The fourth-order valence-electron chi connectivity index (χ4n) is 5.43. The Labute approximate surface area is 107 Å². The van der Waals surface area contributed by atoms with E-state index in [-0.39, 0.29) is 0 Å². The van der Waals surface area contributed by atoms with Gasteiger partial charge in [0.15, 0.2) is 0 Å². The maximum Gasteiger partial charge on any atom is 0.0421 e. The Balaban J connectivity index is 2.98. The molecule has 0 radical (unpaired) electrons. The van der Waals surface area contributed by atoms with Crippen LogP contribution in [0.4, 0.5) is 0 Å². The molecule has 16 heavy (non-hydrogen) atoms. The van der Waals surface area contributed by atoms with E-state index >= 15 is 0 Å². The molecule has 0 aromatic carbocycles. The number of rotatable bonds is 0. The topological polar surface area (TPSA) is 0 Å². The zero-order valence-corrected chi connectivity index (χ0v) is 16.8. The van der Waals surface area contributed by atoms with Crippen LogP contribution in [0.25, 0.3) is 0 Å². The van der Waals surface area contributed by atoms with Gasteiger partial charge in [-0.2, -0.15) is 0 Å². The molecule has 0 unspecified atom stereocenters. The van der Waals surface area contributed by atoms with Crippen LogP contribution in [0, 0.1) is 0 Å². The van der Waals surface area contributed by atoms with Gasteiger partial charge in [-0.1, -0.05) is 75.0 Å². The van der Waals surface area contributed by atoms with Gasteiger partial charge in [-0.25, -0.2) is 0 Å². The summed E-state index contributed by atoms with van der Waals surface area (Å²) in [6.45, 7) is 21.4. The molecule has 0 N–H and O–H groups in total. The van der Waals surface area contributed by atoms with Crippen LogP contribution in [0.2, 0.25) is 75.0 Å². The molecule has 1 saturated heterocycles. The molecule has 0 spiro atoms. The van der Waals surface area contributed by atoms with Crippen molar-refractivity contribution in [3.05, 3.63) is 0 Å². The average molecular weight is 289 g/mol. The molecule has 1 aliphatic rings. The minimum Gasteiger partial charge on any atom is -0.0698 e. The van der Waals surface area contributed by atoms with Crippen LogP contribution in [0.1, 0.15) is 0 Å². The van der Waals surface area contributed by atoms with Crippen LogP contribution in [0.15, 0.2) is 0 Å². The lowest BCUT2D eigenvalue weighted by Crippen LogP contribution is -2.55. The van der Waals surface area contributed by atoms with Crippen molar-refractivity contribution in [2.45, 2.75) is 75.0 Å². The maximum absolute atomic E-state index is 2.68. The molecular formula is C12H32Si4. The lowest BCUT2D eigenvalue weighted by molar-refractivity contribution is 1.34. The third-order valence-electron chi connectivity index (χ3n) is 3.83. The molecule has 1 rings (SSSR count). The van der Waals surface area contributed by atoms with E-state index in [1.165, 1.54) is 0 Å². The van der Waals surface area contributed by atoms with Crippen molar-refractivity contribution in [3.8, 4) is 0 Å². The Morgan fingerprint density at radius 3 is 0.625 bits per heavy atom. The third kappa shape index (κ3) is 4.62. The van der Waals surface area contributed by atoms with Crippen molar-refractivity contribution < 1.29 is 0 Å². The third-order valence-corrected chi connectivity index (χ3v) is 34.5. The molecule has 0 saturated carbocycles. The average Bonchev–Trinajstić information content (AvgIpc) is 1.67. The van der Waals surface area contributed by atoms with E-state index in [9.17, 15) is 0 Å². The van der Waals surface area contributed by atoms with E-state index in [2.05, 4.69) is 52.4 Å². The summed E-state index contributed by atoms with van der Waals surface area (Å²) in [5.41, 5.74) is 6.80. The molecule has 0 aliphatic carbocycles. The van der Waals surface area contributed by atoms with Gasteiger partial charge in [0.25, 0.3) is 0 Å². The monoisotopic (exact) mass is 288 g/mol. The molecule has 0 atom stereocenters. The minimum absolute atomic E-state index is 0.861. The van der Waals surface area contributed by atoms with Crippen LogP contribution >= 0.6 is 0 Å². The molecule has 1 heterocycles. The molecule has 0 amide bonds. The molecule has 0 aromatic rings. The minimum atomic E-state index is -0.861. The molecular weight excluding hydrogens is 256 g/mol. The van der Waals surface area contributed by atoms with Gasteiger partial charge in [-0.3, -0.25) is 0 Å². The van der Waals surface area contributed by atoms with Crippen LogP contribution in [-0.2, 0) is 0 Å². The second-order valence-electron chi connectivity index (χ2n) is 9.36. The molecule has 0 aromatic heterocycles. The van der Waals surface area contributed by atoms with E-state index in [1.807, 2.05) is 0 Å². The largest absolute Gasteiger partial charge is 0.0698 e. The SMILES string of the molecule is C[Si]1(C)C[Si](C)(C)C[Si](C)(C)C[Si](C)(C)C1. The van der Waals surface area contributed by atoms with Crippen LogP contribution in [-0.4, -0.2) is 32.3 Å². The Morgan fingerprint density at radius 2 is 0.500 bits per heavy atom.